The van der Waals surface area contributed by atoms with Crippen LogP contribution < -0.4 is 11.1 Å². The van der Waals surface area contributed by atoms with E-state index in [1.54, 1.807) is 19.1 Å². The number of rotatable bonds is 6. The number of carbonyl (C=O) groups excluding carboxylic acids is 1. The summed E-state index contributed by atoms with van der Waals surface area (Å²) in [5, 5.41) is 13.7. The Labute approximate surface area is 149 Å². The van der Waals surface area contributed by atoms with E-state index in [1.807, 2.05) is 28.8 Å². The first-order valence-electron chi connectivity index (χ1n) is 7.78. The lowest BCUT2D eigenvalue weighted by Gasteiger charge is -2.12. The Balaban J connectivity index is 1.97. The molecular formula is C17H18ClN5O2. The third-order valence-corrected chi connectivity index (χ3v) is 4.08. The molecule has 7 nitrogen and oxygen atoms in total. The van der Waals surface area contributed by atoms with Gasteiger partial charge in [0.25, 0.3) is 5.91 Å². The molecule has 0 bridgehead atoms. The van der Waals surface area contributed by atoms with E-state index < -0.39 is 12.0 Å². The van der Waals surface area contributed by atoms with Gasteiger partial charge in [0.15, 0.2) is 5.65 Å². The number of nitrogens with one attached hydrogen (secondary N) is 1. The average molecular weight is 360 g/mol. The van der Waals surface area contributed by atoms with Crippen molar-refractivity contribution in [1.82, 2.24) is 14.5 Å². The van der Waals surface area contributed by atoms with Crippen molar-refractivity contribution in [2.24, 2.45) is 5.73 Å². The van der Waals surface area contributed by atoms with Gasteiger partial charge in [0.1, 0.15) is 5.69 Å². The van der Waals surface area contributed by atoms with E-state index >= 15 is 0 Å². The molecule has 0 unspecified atom stereocenters. The van der Waals surface area contributed by atoms with Crippen LogP contribution in [0, 0.1) is 0 Å². The topological polar surface area (TPSA) is 106 Å². The predicted molar refractivity (Wildman–Crippen MR) is 96.5 cm³/mol. The van der Waals surface area contributed by atoms with Crippen molar-refractivity contribution in [2.45, 2.75) is 26.1 Å². The number of carbonyl (C=O) groups is 1. The lowest BCUT2D eigenvalue weighted by atomic mass is 10.2. The molecule has 0 aliphatic heterocycles. The van der Waals surface area contributed by atoms with Crippen LogP contribution in [0.4, 0.5) is 5.95 Å². The first kappa shape index (κ1) is 17.2. The summed E-state index contributed by atoms with van der Waals surface area (Å²) in [6.07, 6.45) is -0.575. The van der Waals surface area contributed by atoms with Gasteiger partial charge in [0.2, 0.25) is 5.95 Å². The predicted octanol–water partition coefficient (Wildman–Crippen LogP) is 2.18. The number of aromatic nitrogens is 3. The van der Waals surface area contributed by atoms with Crippen molar-refractivity contribution in [3.63, 3.8) is 0 Å². The highest BCUT2D eigenvalue weighted by atomic mass is 35.5. The number of halogens is 1. The monoisotopic (exact) mass is 359 g/mol. The van der Waals surface area contributed by atoms with Crippen LogP contribution in [0.5, 0.6) is 0 Å². The first-order valence-corrected chi connectivity index (χ1v) is 8.16. The number of pyridine rings is 1. The van der Waals surface area contributed by atoms with E-state index in [9.17, 15) is 9.90 Å². The Hall–Kier alpha value is -2.64. The molecule has 4 N–H and O–H groups in total. The Morgan fingerprint density at radius 2 is 2.08 bits per heavy atom. The summed E-state index contributed by atoms with van der Waals surface area (Å²) in [4.78, 5) is 19.9. The van der Waals surface area contributed by atoms with Gasteiger partial charge in [-0.05, 0) is 30.7 Å². The number of nitrogens with zero attached hydrogens (tertiary/aromatic N) is 3. The van der Waals surface area contributed by atoms with Crippen LogP contribution >= 0.6 is 11.6 Å². The van der Waals surface area contributed by atoms with Crippen LogP contribution in [0.1, 0.15) is 23.0 Å². The number of nitrogens with two attached hydrogens (primary N) is 1. The normalized spacial score (nSPS) is 12.3. The number of hydrogen-bond donors (Lipinski definition) is 3. The highest BCUT2D eigenvalue weighted by Gasteiger charge is 2.15. The maximum atomic E-state index is 11.3. The quantitative estimate of drug-likeness (QED) is 0.625. The van der Waals surface area contributed by atoms with Gasteiger partial charge in [-0.3, -0.25) is 4.79 Å². The molecule has 2 aromatic heterocycles. The number of hydrogen-bond acceptors (Lipinski definition) is 5. The van der Waals surface area contributed by atoms with Crippen molar-refractivity contribution < 1.29 is 9.90 Å². The number of primary amides is 1. The molecule has 3 aromatic rings. The van der Waals surface area contributed by atoms with Crippen LogP contribution in [-0.4, -0.2) is 31.7 Å². The average Bonchev–Trinajstić information content (AvgIpc) is 2.90. The van der Waals surface area contributed by atoms with Gasteiger partial charge in [-0.25, -0.2) is 4.98 Å². The van der Waals surface area contributed by atoms with Crippen LogP contribution in [-0.2, 0) is 13.1 Å². The molecule has 0 saturated carbocycles. The summed E-state index contributed by atoms with van der Waals surface area (Å²) in [5.41, 5.74) is 7.43. The van der Waals surface area contributed by atoms with E-state index in [0.29, 0.717) is 35.2 Å². The summed E-state index contributed by atoms with van der Waals surface area (Å²) in [6, 6.07) is 10.8. The molecule has 1 atom stereocenters. The maximum Gasteiger partial charge on any atom is 0.267 e. The molecule has 1 aromatic carbocycles. The van der Waals surface area contributed by atoms with Crippen molar-refractivity contribution >= 4 is 34.6 Å². The number of imidazole rings is 1. The molecule has 130 valence electrons. The lowest BCUT2D eigenvalue weighted by molar-refractivity contribution is 0.0996. The Bertz CT molecular complexity index is 923. The number of anilines is 1. The number of aliphatic hydroxyl groups is 1. The molecule has 25 heavy (non-hydrogen) atoms. The second-order valence-corrected chi connectivity index (χ2v) is 6.15. The zero-order chi connectivity index (χ0) is 18.0. The summed E-state index contributed by atoms with van der Waals surface area (Å²) in [5.74, 6) is -0.0810. The van der Waals surface area contributed by atoms with Crippen molar-refractivity contribution in [2.75, 3.05) is 5.32 Å². The molecular weight excluding hydrogens is 342 g/mol. The first-order chi connectivity index (χ1) is 12.0. The van der Waals surface area contributed by atoms with Gasteiger partial charge in [-0.2, -0.15) is 4.98 Å². The molecule has 0 saturated heterocycles. The molecule has 0 aliphatic carbocycles. The fourth-order valence-corrected chi connectivity index (χ4v) is 2.75. The largest absolute Gasteiger partial charge is 0.392 e. The lowest BCUT2D eigenvalue weighted by Crippen LogP contribution is -2.15. The molecule has 2 heterocycles. The highest BCUT2D eigenvalue weighted by Crippen LogP contribution is 2.21. The minimum Gasteiger partial charge on any atom is -0.392 e. The third kappa shape index (κ3) is 3.72. The molecule has 0 aliphatic rings. The summed E-state index contributed by atoms with van der Waals surface area (Å²) in [6.45, 7) is 2.49. The fraction of sp³-hybridized carbons (Fsp3) is 0.235. The summed E-state index contributed by atoms with van der Waals surface area (Å²) >= 11 is 6.18. The smallest absolute Gasteiger partial charge is 0.267 e. The Morgan fingerprint density at radius 1 is 1.32 bits per heavy atom. The Kier molecular flexibility index (Phi) is 4.87. The van der Waals surface area contributed by atoms with E-state index in [1.165, 1.54) is 0 Å². The van der Waals surface area contributed by atoms with E-state index in [4.69, 9.17) is 17.3 Å². The van der Waals surface area contributed by atoms with E-state index in [0.717, 1.165) is 5.56 Å². The number of amides is 1. The minimum absolute atomic E-state index is 0.145. The number of benzene rings is 1. The van der Waals surface area contributed by atoms with Gasteiger partial charge in [-0.1, -0.05) is 29.8 Å². The molecule has 0 radical (unpaired) electrons. The summed E-state index contributed by atoms with van der Waals surface area (Å²) in [7, 11) is 0. The van der Waals surface area contributed by atoms with Gasteiger partial charge in [0.05, 0.1) is 18.2 Å². The van der Waals surface area contributed by atoms with E-state index in [-0.39, 0.29) is 5.69 Å². The van der Waals surface area contributed by atoms with Gasteiger partial charge in [-0.15, -0.1) is 0 Å². The Morgan fingerprint density at radius 3 is 2.76 bits per heavy atom. The standard InChI is InChI=1S/C17H18ClN5O2/c1-10(24)9-23-14-7-6-13(15(19)25)21-16(14)22-17(23)20-8-11-4-2-3-5-12(11)18/h2-7,10,24H,8-9H2,1H3,(H2,19,25)(H,20,21,22)/t10-/m0/s1. The fourth-order valence-electron chi connectivity index (χ4n) is 2.55. The second kappa shape index (κ2) is 7.08. The van der Waals surface area contributed by atoms with Gasteiger partial charge >= 0.3 is 0 Å². The molecule has 0 spiro atoms. The van der Waals surface area contributed by atoms with Crippen LogP contribution in [0.25, 0.3) is 11.2 Å². The second-order valence-electron chi connectivity index (χ2n) is 5.74. The van der Waals surface area contributed by atoms with Crippen molar-refractivity contribution in [3.05, 3.63) is 52.7 Å². The number of fused-ring (bicyclic) bond motifs is 1. The molecule has 3 rings (SSSR count). The third-order valence-electron chi connectivity index (χ3n) is 3.71. The maximum absolute atomic E-state index is 11.3. The van der Waals surface area contributed by atoms with Crippen molar-refractivity contribution in [3.8, 4) is 0 Å². The zero-order valence-corrected chi connectivity index (χ0v) is 14.4. The zero-order valence-electron chi connectivity index (χ0n) is 13.6. The van der Waals surface area contributed by atoms with Crippen molar-refractivity contribution in [1.29, 1.82) is 0 Å². The van der Waals surface area contributed by atoms with E-state index in [2.05, 4.69) is 15.3 Å². The van der Waals surface area contributed by atoms with Gasteiger partial charge in [0, 0.05) is 11.6 Å². The number of aliphatic hydroxyl groups excluding tert-OH is 1. The summed E-state index contributed by atoms with van der Waals surface area (Å²) < 4.78 is 1.81. The van der Waals surface area contributed by atoms with Crippen LogP contribution in [0.2, 0.25) is 5.02 Å². The molecule has 1 amide bonds. The SMILES string of the molecule is C[C@H](O)Cn1c(NCc2ccccc2Cl)nc2nc(C(N)=O)ccc21. The van der Waals surface area contributed by atoms with Gasteiger partial charge < -0.3 is 20.7 Å². The van der Waals surface area contributed by atoms with Crippen LogP contribution in [0.3, 0.4) is 0 Å². The minimum atomic E-state index is -0.613. The highest BCUT2D eigenvalue weighted by molar-refractivity contribution is 6.31. The van der Waals surface area contributed by atoms with Crippen LogP contribution in [0.15, 0.2) is 36.4 Å². The molecule has 8 heteroatoms. The molecule has 0 fully saturated rings.